The highest BCUT2D eigenvalue weighted by Gasteiger charge is 2.20. The minimum Gasteiger partial charge on any atom is -0.368 e. The molecule has 0 saturated carbocycles. The summed E-state index contributed by atoms with van der Waals surface area (Å²) in [5.41, 5.74) is 5.50. The summed E-state index contributed by atoms with van der Waals surface area (Å²) < 4.78 is 13.1. The van der Waals surface area contributed by atoms with Gasteiger partial charge in [0, 0.05) is 49.9 Å². The molecule has 3 heterocycles. The van der Waals surface area contributed by atoms with Crippen LogP contribution in [0.25, 0.3) is 27.9 Å². The van der Waals surface area contributed by atoms with Gasteiger partial charge in [-0.25, -0.2) is 4.39 Å². The van der Waals surface area contributed by atoms with E-state index in [0.29, 0.717) is 0 Å². The lowest BCUT2D eigenvalue weighted by Crippen LogP contribution is -2.44. The van der Waals surface area contributed by atoms with E-state index in [9.17, 15) is 4.39 Å². The number of hydrogen-bond donors (Lipinski definition) is 0. The van der Waals surface area contributed by atoms with Crippen LogP contribution in [0.15, 0.2) is 79.8 Å². The Morgan fingerprint density at radius 3 is 2.41 bits per heavy atom. The standard InChI is InChI=1S/C26H24FN5/c1-19(32-14-12-31(13-15-32)18-20-7-9-22(27)10-8-20)24-16-30-25(17-29-24)23-6-2-4-21-5-3-11-28-26(21)23/h2-11,16-17H,1,12-15,18H2. The number of fused-ring (bicyclic) bond motifs is 1. The fraction of sp³-hybridized carbons (Fsp3) is 0.192. The maximum absolute atomic E-state index is 13.1. The van der Waals surface area contributed by atoms with Crippen molar-refractivity contribution in [2.24, 2.45) is 0 Å². The predicted molar refractivity (Wildman–Crippen MR) is 125 cm³/mol. The largest absolute Gasteiger partial charge is 0.368 e. The molecule has 0 N–H and O–H groups in total. The number of benzene rings is 2. The van der Waals surface area contributed by atoms with Gasteiger partial charge >= 0.3 is 0 Å². The van der Waals surface area contributed by atoms with Crippen LogP contribution in [-0.4, -0.2) is 50.9 Å². The van der Waals surface area contributed by atoms with E-state index >= 15 is 0 Å². The number of pyridine rings is 1. The van der Waals surface area contributed by atoms with Crippen molar-refractivity contribution in [1.82, 2.24) is 24.8 Å². The summed E-state index contributed by atoms with van der Waals surface area (Å²) in [4.78, 5) is 18.5. The van der Waals surface area contributed by atoms with Crippen molar-refractivity contribution in [3.05, 3.63) is 96.8 Å². The minimum absolute atomic E-state index is 0.196. The molecule has 0 aliphatic carbocycles. The summed E-state index contributed by atoms with van der Waals surface area (Å²) in [6.07, 6.45) is 5.39. The summed E-state index contributed by atoms with van der Waals surface area (Å²) in [5, 5.41) is 1.08. The van der Waals surface area contributed by atoms with Crippen molar-refractivity contribution in [2.45, 2.75) is 6.54 Å². The fourth-order valence-electron chi connectivity index (χ4n) is 4.11. The molecular weight excluding hydrogens is 401 g/mol. The van der Waals surface area contributed by atoms with Crippen LogP contribution in [0.1, 0.15) is 11.3 Å². The van der Waals surface area contributed by atoms with Gasteiger partial charge in [-0.05, 0) is 23.8 Å². The average molecular weight is 426 g/mol. The zero-order chi connectivity index (χ0) is 21.9. The highest BCUT2D eigenvalue weighted by molar-refractivity contribution is 5.92. The lowest BCUT2D eigenvalue weighted by Gasteiger charge is -2.36. The Labute approximate surface area is 186 Å². The SMILES string of the molecule is C=C(c1cnc(-c2cccc3cccnc23)cn1)N1CCN(Cc2ccc(F)cc2)CC1. The lowest BCUT2D eigenvalue weighted by molar-refractivity contribution is 0.169. The molecule has 5 nitrogen and oxygen atoms in total. The molecule has 1 fully saturated rings. The van der Waals surface area contributed by atoms with E-state index in [2.05, 4.69) is 31.3 Å². The maximum Gasteiger partial charge on any atom is 0.123 e. The molecule has 0 spiro atoms. The second kappa shape index (κ2) is 8.85. The third-order valence-electron chi connectivity index (χ3n) is 5.93. The van der Waals surface area contributed by atoms with Crippen molar-refractivity contribution >= 4 is 16.6 Å². The number of halogens is 1. The second-order valence-corrected chi connectivity index (χ2v) is 8.00. The first-order chi connectivity index (χ1) is 15.7. The highest BCUT2D eigenvalue weighted by atomic mass is 19.1. The van der Waals surface area contributed by atoms with Gasteiger partial charge < -0.3 is 4.90 Å². The molecule has 1 aliphatic heterocycles. The van der Waals surface area contributed by atoms with Crippen LogP contribution in [0, 0.1) is 5.82 Å². The van der Waals surface area contributed by atoms with E-state index in [-0.39, 0.29) is 5.82 Å². The molecular formula is C26H24FN5. The molecule has 0 atom stereocenters. The molecule has 5 rings (SSSR count). The van der Waals surface area contributed by atoms with E-state index < -0.39 is 0 Å². The fourth-order valence-corrected chi connectivity index (χ4v) is 4.11. The molecule has 1 aliphatic rings. The van der Waals surface area contributed by atoms with Crippen LogP contribution in [-0.2, 0) is 6.54 Å². The van der Waals surface area contributed by atoms with Crippen LogP contribution in [0.3, 0.4) is 0 Å². The van der Waals surface area contributed by atoms with E-state index in [1.54, 1.807) is 18.6 Å². The zero-order valence-electron chi connectivity index (χ0n) is 17.8. The van der Waals surface area contributed by atoms with Gasteiger partial charge in [-0.15, -0.1) is 0 Å². The van der Waals surface area contributed by atoms with E-state index in [1.165, 1.54) is 12.1 Å². The third kappa shape index (κ3) is 4.22. The molecule has 0 amide bonds. The topological polar surface area (TPSA) is 45.2 Å². The number of rotatable bonds is 5. The Morgan fingerprint density at radius 1 is 0.875 bits per heavy atom. The van der Waals surface area contributed by atoms with Crippen molar-refractivity contribution in [1.29, 1.82) is 0 Å². The Morgan fingerprint density at radius 2 is 1.66 bits per heavy atom. The normalized spacial score (nSPS) is 14.6. The molecule has 0 radical (unpaired) electrons. The Kier molecular flexibility index (Phi) is 5.60. The van der Waals surface area contributed by atoms with Crippen molar-refractivity contribution < 1.29 is 4.39 Å². The molecule has 0 unspecified atom stereocenters. The van der Waals surface area contributed by atoms with E-state index in [1.807, 2.05) is 42.5 Å². The molecule has 0 bridgehead atoms. The van der Waals surface area contributed by atoms with Crippen LogP contribution >= 0.6 is 0 Å². The first-order valence-corrected chi connectivity index (χ1v) is 10.7. The van der Waals surface area contributed by atoms with E-state index in [4.69, 9.17) is 0 Å². The average Bonchev–Trinajstić information content (AvgIpc) is 2.85. The number of aromatic nitrogens is 3. The van der Waals surface area contributed by atoms with Gasteiger partial charge in [-0.2, -0.15) is 0 Å². The van der Waals surface area contributed by atoms with Crippen LogP contribution in [0.4, 0.5) is 4.39 Å². The summed E-state index contributed by atoms with van der Waals surface area (Å²) in [5.74, 6) is -0.196. The van der Waals surface area contributed by atoms with Gasteiger partial charge in [0.05, 0.1) is 29.3 Å². The van der Waals surface area contributed by atoms with Crippen molar-refractivity contribution in [2.75, 3.05) is 26.2 Å². The summed E-state index contributed by atoms with van der Waals surface area (Å²) >= 11 is 0. The Hall–Kier alpha value is -3.64. The molecule has 2 aromatic heterocycles. The second-order valence-electron chi connectivity index (χ2n) is 8.00. The first kappa shape index (κ1) is 20.3. The smallest absolute Gasteiger partial charge is 0.123 e. The Bertz CT molecular complexity index is 1220. The molecule has 6 heteroatoms. The molecule has 2 aromatic carbocycles. The predicted octanol–water partition coefficient (Wildman–Crippen LogP) is 4.62. The lowest BCUT2D eigenvalue weighted by atomic mass is 10.1. The molecule has 1 saturated heterocycles. The van der Waals surface area contributed by atoms with E-state index in [0.717, 1.165) is 71.8 Å². The zero-order valence-corrected chi connectivity index (χ0v) is 17.8. The first-order valence-electron chi connectivity index (χ1n) is 10.7. The van der Waals surface area contributed by atoms with Gasteiger partial charge in [0.25, 0.3) is 0 Å². The third-order valence-corrected chi connectivity index (χ3v) is 5.93. The van der Waals surface area contributed by atoms with Gasteiger partial charge in [-0.1, -0.05) is 43.0 Å². The van der Waals surface area contributed by atoms with Gasteiger partial charge in [0.15, 0.2) is 0 Å². The molecule has 32 heavy (non-hydrogen) atoms. The van der Waals surface area contributed by atoms with Crippen LogP contribution in [0.5, 0.6) is 0 Å². The summed E-state index contributed by atoms with van der Waals surface area (Å²) in [6, 6.07) is 16.8. The quantitative estimate of drug-likeness (QED) is 0.467. The summed E-state index contributed by atoms with van der Waals surface area (Å²) in [6.45, 7) is 8.68. The molecule has 160 valence electrons. The van der Waals surface area contributed by atoms with Crippen molar-refractivity contribution in [3.8, 4) is 11.3 Å². The molecule has 4 aromatic rings. The van der Waals surface area contributed by atoms with Crippen molar-refractivity contribution in [3.63, 3.8) is 0 Å². The van der Waals surface area contributed by atoms with Crippen LogP contribution < -0.4 is 0 Å². The van der Waals surface area contributed by atoms with Gasteiger partial charge in [0.2, 0.25) is 0 Å². The summed E-state index contributed by atoms with van der Waals surface area (Å²) in [7, 11) is 0. The number of nitrogens with zero attached hydrogens (tertiary/aromatic N) is 5. The minimum atomic E-state index is -0.196. The number of hydrogen-bond acceptors (Lipinski definition) is 5. The van der Waals surface area contributed by atoms with Crippen LogP contribution in [0.2, 0.25) is 0 Å². The Balaban J connectivity index is 1.24. The number of piperazine rings is 1. The highest BCUT2D eigenvalue weighted by Crippen LogP contribution is 2.26. The van der Waals surface area contributed by atoms with Gasteiger partial charge in [-0.3, -0.25) is 19.9 Å². The maximum atomic E-state index is 13.1. The number of para-hydroxylation sites is 1. The monoisotopic (exact) mass is 425 g/mol. The van der Waals surface area contributed by atoms with Gasteiger partial charge in [0.1, 0.15) is 11.5 Å².